The molecule has 6 nitrogen and oxygen atoms in total. The summed E-state index contributed by atoms with van der Waals surface area (Å²) >= 11 is 0. The third-order valence-corrected chi connectivity index (χ3v) is 4.42. The average Bonchev–Trinajstić information content (AvgIpc) is 3.03. The van der Waals surface area contributed by atoms with E-state index in [4.69, 9.17) is 9.84 Å². The number of carbonyl (C=O) groups is 1. The van der Waals surface area contributed by atoms with Gasteiger partial charge in [-0.25, -0.2) is 0 Å². The summed E-state index contributed by atoms with van der Waals surface area (Å²) in [5, 5.41) is 38.8. The van der Waals surface area contributed by atoms with Crippen molar-refractivity contribution in [1.29, 1.82) is 0 Å². The van der Waals surface area contributed by atoms with Crippen LogP contribution in [-0.4, -0.2) is 56.9 Å². The Morgan fingerprint density at radius 1 is 1.11 bits per heavy atom. The number of carboxylic acid groups (broad SMARTS) is 1. The molecule has 1 aliphatic heterocycles. The van der Waals surface area contributed by atoms with E-state index in [2.05, 4.69) is 19.1 Å². The lowest BCUT2D eigenvalue weighted by Gasteiger charge is -2.16. The molecule has 1 rings (SSSR count). The monoisotopic (exact) mass is 394 g/mol. The van der Waals surface area contributed by atoms with Crippen LogP contribution in [0.4, 0.5) is 0 Å². The molecule has 0 radical (unpaired) electrons. The molecule has 1 fully saturated rings. The maximum absolute atomic E-state index is 10.4. The summed E-state index contributed by atoms with van der Waals surface area (Å²) in [5.74, 6) is -0.849. The number of hydrogen-bond donors (Lipinski definition) is 4. The van der Waals surface area contributed by atoms with Gasteiger partial charge in [-0.05, 0) is 32.1 Å². The van der Waals surface area contributed by atoms with Crippen LogP contribution in [0.5, 0.6) is 0 Å². The van der Waals surface area contributed by atoms with E-state index < -0.39 is 36.5 Å². The molecule has 0 aliphatic carbocycles. The number of ether oxygens (including phenoxy) is 1. The number of aliphatic carboxylic acids is 1. The van der Waals surface area contributed by atoms with Crippen molar-refractivity contribution in [2.24, 2.45) is 0 Å². The van der Waals surface area contributed by atoms with Crippen molar-refractivity contribution in [1.82, 2.24) is 0 Å². The molecule has 6 heteroatoms. The summed E-state index contributed by atoms with van der Waals surface area (Å²) < 4.78 is 5.72. The quantitative estimate of drug-likeness (QED) is 0.358. The molecular weight excluding hydrogens is 360 g/mol. The third-order valence-electron chi connectivity index (χ3n) is 4.42. The second-order valence-corrected chi connectivity index (χ2v) is 6.92. The minimum absolute atomic E-state index is 0.0683. The average molecular weight is 395 g/mol. The predicted molar refractivity (Wildman–Crippen MR) is 109 cm³/mol. The van der Waals surface area contributed by atoms with Crippen molar-refractivity contribution in [3.05, 3.63) is 48.6 Å². The van der Waals surface area contributed by atoms with Gasteiger partial charge in [0.2, 0.25) is 0 Å². The Balaban J connectivity index is 2.34. The summed E-state index contributed by atoms with van der Waals surface area (Å²) in [6.45, 7) is 2.08. The molecule has 0 bridgehead atoms. The van der Waals surface area contributed by atoms with Crippen LogP contribution >= 0.6 is 0 Å². The molecule has 0 spiro atoms. The Labute approximate surface area is 167 Å². The van der Waals surface area contributed by atoms with Crippen molar-refractivity contribution in [3.8, 4) is 0 Å². The molecule has 5 atom stereocenters. The first-order valence-electron chi connectivity index (χ1n) is 9.98. The molecule has 0 amide bonds. The lowest BCUT2D eigenvalue weighted by molar-refractivity contribution is -0.136. The normalized spacial score (nSPS) is 25.5. The summed E-state index contributed by atoms with van der Waals surface area (Å²) in [7, 11) is 0. The SMILES string of the molecule is CC/C=C\C/C=C\C[C@@H](O)[C@@H]1C[C@@H](O)[C@@H](/C=C/[C@H](O)C/C=C\CCC(=O)O)O1. The zero-order valence-electron chi connectivity index (χ0n) is 16.6. The molecule has 1 aliphatic rings. The molecule has 0 aromatic carbocycles. The number of carboxylic acids is 1. The Kier molecular flexibility index (Phi) is 12.4. The Morgan fingerprint density at radius 2 is 1.82 bits per heavy atom. The molecule has 1 heterocycles. The molecule has 4 N–H and O–H groups in total. The first kappa shape index (κ1) is 24.3. The third kappa shape index (κ3) is 10.6. The fourth-order valence-corrected chi connectivity index (χ4v) is 2.84. The Hall–Kier alpha value is -1.73. The predicted octanol–water partition coefficient (Wildman–Crippen LogP) is 2.90. The van der Waals surface area contributed by atoms with Crippen molar-refractivity contribution < 1.29 is 30.0 Å². The molecule has 28 heavy (non-hydrogen) atoms. The summed E-state index contributed by atoms with van der Waals surface area (Å²) in [5.41, 5.74) is 0. The molecule has 0 aromatic heterocycles. The topological polar surface area (TPSA) is 107 Å². The van der Waals surface area contributed by atoms with Crippen LogP contribution in [0, 0.1) is 0 Å². The van der Waals surface area contributed by atoms with Gasteiger partial charge in [-0.2, -0.15) is 0 Å². The van der Waals surface area contributed by atoms with Crippen molar-refractivity contribution >= 4 is 5.97 Å². The van der Waals surface area contributed by atoms with E-state index in [9.17, 15) is 20.1 Å². The first-order valence-corrected chi connectivity index (χ1v) is 9.98. The van der Waals surface area contributed by atoms with Crippen molar-refractivity contribution in [2.45, 2.75) is 82.4 Å². The largest absolute Gasteiger partial charge is 0.481 e. The number of hydrogen-bond acceptors (Lipinski definition) is 5. The van der Waals surface area contributed by atoms with Gasteiger partial charge in [0.25, 0.3) is 0 Å². The lowest BCUT2D eigenvalue weighted by atomic mass is 10.0. The van der Waals surface area contributed by atoms with Gasteiger partial charge in [0.15, 0.2) is 0 Å². The molecule has 158 valence electrons. The number of aliphatic hydroxyl groups excluding tert-OH is 3. The summed E-state index contributed by atoms with van der Waals surface area (Å²) in [6, 6.07) is 0. The van der Waals surface area contributed by atoms with Gasteiger partial charge in [0.1, 0.15) is 6.10 Å². The zero-order chi connectivity index (χ0) is 20.8. The van der Waals surface area contributed by atoms with Gasteiger partial charge < -0.3 is 25.2 Å². The van der Waals surface area contributed by atoms with E-state index in [-0.39, 0.29) is 6.42 Å². The number of aliphatic hydroxyl groups is 3. The van der Waals surface area contributed by atoms with Crippen LogP contribution < -0.4 is 0 Å². The standard InChI is InChI=1S/C22H34O6/c1-2-3-4-5-6-9-12-18(24)21-16-19(25)20(28-21)15-14-17(23)11-8-7-10-13-22(26)27/h3-4,6-9,14-15,17-21,23-25H,2,5,10-13,16H2,1H3,(H,26,27)/b4-3-,8-7-,9-6-,15-14+/t17-,18-,19-,20-,21+/m1/s1. The highest BCUT2D eigenvalue weighted by atomic mass is 16.5. The second-order valence-electron chi connectivity index (χ2n) is 6.92. The summed E-state index contributed by atoms with van der Waals surface area (Å²) in [4.78, 5) is 10.4. The van der Waals surface area contributed by atoms with Crippen LogP contribution in [0.15, 0.2) is 48.6 Å². The minimum atomic E-state index is -0.849. The van der Waals surface area contributed by atoms with E-state index in [1.165, 1.54) is 0 Å². The van der Waals surface area contributed by atoms with Gasteiger partial charge in [-0.1, -0.05) is 55.5 Å². The smallest absolute Gasteiger partial charge is 0.303 e. The van der Waals surface area contributed by atoms with Gasteiger partial charge in [-0.3, -0.25) is 4.79 Å². The van der Waals surface area contributed by atoms with Gasteiger partial charge in [0, 0.05) is 12.8 Å². The van der Waals surface area contributed by atoms with E-state index >= 15 is 0 Å². The lowest BCUT2D eigenvalue weighted by Crippen LogP contribution is -2.25. The van der Waals surface area contributed by atoms with Crippen LogP contribution in [0.25, 0.3) is 0 Å². The van der Waals surface area contributed by atoms with E-state index in [1.807, 2.05) is 12.2 Å². The van der Waals surface area contributed by atoms with Crippen LogP contribution in [-0.2, 0) is 9.53 Å². The van der Waals surface area contributed by atoms with Crippen LogP contribution in [0.3, 0.4) is 0 Å². The maximum atomic E-state index is 10.4. The second kappa shape index (κ2) is 14.3. The zero-order valence-corrected chi connectivity index (χ0v) is 16.6. The Bertz CT molecular complexity index is 551. The summed E-state index contributed by atoms with van der Waals surface area (Å²) in [6.07, 6.45) is 15.1. The fourth-order valence-electron chi connectivity index (χ4n) is 2.84. The van der Waals surface area contributed by atoms with Gasteiger partial charge in [0.05, 0.1) is 24.4 Å². The first-order chi connectivity index (χ1) is 13.4. The van der Waals surface area contributed by atoms with Crippen LogP contribution in [0.2, 0.25) is 0 Å². The van der Waals surface area contributed by atoms with E-state index in [1.54, 1.807) is 24.3 Å². The highest BCUT2D eigenvalue weighted by Crippen LogP contribution is 2.25. The highest BCUT2D eigenvalue weighted by molar-refractivity contribution is 5.66. The van der Waals surface area contributed by atoms with Crippen molar-refractivity contribution in [3.63, 3.8) is 0 Å². The number of rotatable bonds is 13. The number of allylic oxidation sites excluding steroid dienone is 4. The van der Waals surface area contributed by atoms with Gasteiger partial charge >= 0.3 is 5.97 Å². The molecular formula is C22H34O6. The highest BCUT2D eigenvalue weighted by Gasteiger charge is 2.35. The van der Waals surface area contributed by atoms with Gasteiger partial charge in [-0.15, -0.1) is 0 Å². The van der Waals surface area contributed by atoms with E-state index in [0.29, 0.717) is 25.7 Å². The van der Waals surface area contributed by atoms with Crippen molar-refractivity contribution in [2.75, 3.05) is 0 Å². The Morgan fingerprint density at radius 3 is 2.54 bits per heavy atom. The molecule has 0 unspecified atom stereocenters. The van der Waals surface area contributed by atoms with Crippen LogP contribution in [0.1, 0.15) is 51.9 Å². The fraction of sp³-hybridized carbons (Fsp3) is 0.591. The maximum Gasteiger partial charge on any atom is 0.303 e. The molecule has 1 saturated heterocycles. The molecule has 0 aromatic rings. The molecule has 0 saturated carbocycles. The van der Waals surface area contributed by atoms with E-state index in [0.717, 1.165) is 12.8 Å². The minimum Gasteiger partial charge on any atom is -0.481 e.